The molecule has 1 fully saturated rings. The molecule has 0 aliphatic carbocycles. The molecule has 0 bridgehead atoms. The van der Waals surface area contributed by atoms with Crippen molar-refractivity contribution in [2.75, 3.05) is 18.1 Å². The number of carbonyl (C=O) groups is 1. The summed E-state index contributed by atoms with van der Waals surface area (Å²) in [4.78, 5) is 13.9. The molecule has 1 saturated heterocycles. The molecule has 1 aromatic rings. The summed E-state index contributed by atoms with van der Waals surface area (Å²) in [6, 6.07) is 6.62. The molecule has 1 aliphatic heterocycles. The number of hydrogen-bond donors (Lipinski definition) is 1. The Morgan fingerprint density at radius 2 is 2.35 bits per heavy atom. The van der Waals surface area contributed by atoms with E-state index in [1.165, 1.54) is 12.1 Å². The average Bonchev–Trinajstić information content (AvgIpc) is 2.81. The van der Waals surface area contributed by atoms with E-state index < -0.39 is 0 Å². The number of thioether (sulfide) groups is 1. The number of amides is 1. The molecular weight excluding hydrogens is 275 g/mol. The summed E-state index contributed by atoms with van der Waals surface area (Å²) in [5.41, 5.74) is 0.811. The summed E-state index contributed by atoms with van der Waals surface area (Å²) in [6.45, 7) is 4.52. The second-order valence-corrected chi connectivity index (χ2v) is 6.37. The Labute approximate surface area is 123 Å². The molecular formula is C15H21FN2OS. The Kier molecular flexibility index (Phi) is 5.43. The highest BCUT2D eigenvalue weighted by Crippen LogP contribution is 2.26. The van der Waals surface area contributed by atoms with E-state index >= 15 is 0 Å². The lowest BCUT2D eigenvalue weighted by molar-refractivity contribution is -0.130. The molecule has 1 heterocycles. The Bertz CT molecular complexity index is 469. The molecule has 0 spiro atoms. The van der Waals surface area contributed by atoms with Crippen molar-refractivity contribution in [1.29, 1.82) is 0 Å². The second-order valence-electron chi connectivity index (χ2n) is 4.97. The molecule has 1 aliphatic rings. The van der Waals surface area contributed by atoms with Crippen LogP contribution in [0.2, 0.25) is 0 Å². The molecule has 1 N–H and O–H groups in total. The van der Waals surface area contributed by atoms with Crippen LogP contribution in [0.3, 0.4) is 0 Å². The van der Waals surface area contributed by atoms with Crippen LogP contribution < -0.4 is 5.32 Å². The topological polar surface area (TPSA) is 32.3 Å². The molecule has 3 nitrogen and oxygen atoms in total. The fourth-order valence-corrected chi connectivity index (χ4v) is 3.31. The van der Waals surface area contributed by atoms with Crippen molar-refractivity contribution >= 4 is 17.7 Å². The summed E-state index contributed by atoms with van der Waals surface area (Å²) in [5, 5.41) is 3.17. The summed E-state index contributed by atoms with van der Waals surface area (Å²) in [5.74, 6) is 1.95. The van der Waals surface area contributed by atoms with Gasteiger partial charge < -0.3 is 4.90 Å². The van der Waals surface area contributed by atoms with E-state index in [-0.39, 0.29) is 23.9 Å². The summed E-state index contributed by atoms with van der Waals surface area (Å²) < 4.78 is 13.4. The zero-order chi connectivity index (χ0) is 14.5. The van der Waals surface area contributed by atoms with Crippen LogP contribution in [0.1, 0.15) is 32.0 Å². The zero-order valence-electron chi connectivity index (χ0n) is 11.9. The molecule has 1 amide bonds. The van der Waals surface area contributed by atoms with Gasteiger partial charge in [-0.3, -0.25) is 10.1 Å². The molecule has 2 unspecified atom stereocenters. The van der Waals surface area contributed by atoms with Crippen molar-refractivity contribution in [3.63, 3.8) is 0 Å². The molecule has 0 radical (unpaired) electrons. The fraction of sp³-hybridized carbons (Fsp3) is 0.533. The monoisotopic (exact) mass is 296 g/mol. The quantitative estimate of drug-likeness (QED) is 0.819. The predicted molar refractivity (Wildman–Crippen MR) is 81.1 cm³/mol. The summed E-state index contributed by atoms with van der Waals surface area (Å²) >= 11 is 1.88. The van der Waals surface area contributed by atoms with Crippen LogP contribution in [-0.2, 0) is 4.79 Å². The first kappa shape index (κ1) is 15.3. The van der Waals surface area contributed by atoms with E-state index in [4.69, 9.17) is 0 Å². The third-order valence-electron chi connectivity index (χ3n) is 3.54. The first-order valence-electron chi connectivity index (χ1n) is 7.01. The van der Waals surface area contributed by atoms with E-state index in [0.29, 0.717) is 6.54 Å². The first-order valence-corrected chi connectivity index (χ1v) is 8.16. The largest absolute Gasteiger partial charge is 0.319 e. The lowest BCUT2D eigenvalue weighted by atomic mass is 10.1. The summed E-state index contributed by atoms with van der Waals surface area (Å²) in [6.07, 6.45) is 0.748. The van der Waals surface area contributed by atoms with Crippen LogP contribution in [-0.4, -0.2) is 34.9 Å². The van der Waals surface area contributed by atoms with Gasteiger partial charge in [0.2, 0.25) is 5.91 Å². The SMILES string of the molecule is CCSCCC(C)N1C(=O)CNC1c1cccc(F)c1. The van der Waals surface area contributed by atoms with E-state index in [1.807, 2.05) is 22.7 Å². The molecule has 5 heteroatoms. The van der Waals surface area contributed by atoms with Gasteiger partial charge in [-0.05, 0) is 42.5 Å². The van der Waals surface area contributed by atoms with Crippen molar-refractivity contribution in [2.45, 2.75) is 32.5 Å². The van der Waals surface area contributed by atoms with Gasteiger partial charge in [0.25, 0.3) is 0 Å². The number of rotatable bonds is 6. The van der Waals surface area contributed by atoms with E-state index in [2.05, 4.69) is 19.2 Å². The minimum atomic E-state index is -0.266. The molecule has 1 aromatic carbocycles. The van der Waals surface area contributed by atoms with Crippen LogP contribution in [0.25, 0.3) is 0 Å². The molecule has 2 rings (SSSR count). The molecule has 0 saturated carbocycles. The number of nitrogens with zero attached hydrogens (tertiary/aromatic N) is 1. The van der Waals surface area contributed by atoms with Crippen LogP contribution in [0.5, 0.6) is 0 Å². The maximum absolute atomic E-state index is 13.4. The van der Waals surface area contributed by atoms with Crippen molar-refractivity contribution in [2.24, 2.45) is 0 Å². The normalized spacial score (nSPS) is 20.4. The predicted octanol–water partition coefficient (Wildman–Crippen LogP) is 2.79. The number of halogens is 1. The highest BCUT2D eigenvalue weighted by atomic mass is 32.2. The van der Waals surface area contributed by atoms with Gasteiger partial charge in [0.15, 0.2) is 0 Å². The van der Waals surface area contributed by atoms with Crippen molar-refractivity contribution in [3.05, 3.63) is 35.6 Å². The summed E-state index contributed by atoms with van der Waals surface area (Å²) in [7, 11) is 0. The van der Waals surface area contributed by atoms with Gasteiger partial charge in [-0.15, -0.1) is 0 Å². The van der Waals surface area contributed by atoms with Gasteiger partial charge in [-0.1, -0.05) is 19.1 Å². The van der Waals surface area contributed by atoms with Crippen LogP contribution in [0, 0.1) is 5.82 Å². The highest BCUT2D eigenvalue weighted by Gasteiger charge is 2.34. The van der Waals surface area contributed by atoms with Crippen LogP contribution in [0.15, 0.2) is 24.3 Å². The van der Waals surface area contributed by atoms with Gasteiger partial charge in [-0.2, -0.15) is 11.8 Å². The number of benzene rings is 1. The van der Waals surface area contributed by atoms with Gasteiger partial charge in [-0.25, -0.2) is 4.39 Å². The van der Waals surface area contributed by atoms with Gasteiger partial charge in [0.1, 0.15) is 12.0 Å². The Hall–Kier alpha value is -1.07. The second kappa shape index (κ2) is 7.09. The van der Waals surface area contributed by atoms with E-state index in [0.717, 1.165) is 23.5 Å². The van der Waals surface area contributed by atoms with Gasteiger partial charge in [0, 0.05) is 6.04 Å². The van der Waals surface area contributed by atoms with Crippen molar-refractivity contribution in [1.82, 2.24) is 10.2 Å². The van der Waals surface area contributed by atoms with E-state index in [9.17, 15) is 9.18 Å². The zero-order valence-corrected chi connectivity index (χ0v) is 12.8. The van der Waals surface area contributed by atoms with Crippen LogP contribution >= 0.6 is 11.8 Å². The third-order valence-corrected chi connectivity index (χ3v) is 4.47. The smallest absolute Gasteiger partial charge is 0.238 e. The lowest BCUT2D eigenvalue weighted by Crippen LogP contribution is -2.38. The minimum absolute atomic E-state index is 0.0910. The Morgan fingerprint density at radius 3 is 3.05 bits per heavy atom. The molecule has 0 aromatic heterocycles. The minimum Gasteiger partial charge on any atom is -0.319 e. The number of nitrogens with one attached hydrogen (secondary N) is 1. The van der Waals surface area contributed by atoms with Gasteiger partial charge >= 0.3 is 0 Å². The number of hydrogen-bond acceptors (Lipinski definition) is 3. The molecule has 110 valence electrons. The molecule has 2 atom stereocenters. The lowest BCUT2D eigenvalue weighted by Gasteiger charge is -2.30. The van der Waals surface area contributed by atoms with Gasteiger partial charge in [0.05, 0.1) is 6.54 Å². The van der Waals surface area contributed by atoms with Crippen molar-refractivity contribution in [3.8, 4) is 0 Å². The van der Waals surface area contributed by atoms with Crippen molar-refractivity contribution < 1.29 is 9.18 Å². The fourth-order valence-electron chi connectivity index (χ4n) is 2.51. The average molecular weight is 296 g/mol. The first-order chi connectivity index (χ1) is 9.63. The number of carbonyl (C=O) groups excluding carboxylic acids is 1. The maximum atomic E-state index is 13.4. The third kappa shape index (κ3) is 3.52. The van der Waals surface area contributed by atoms with Crippen LogP contribution in [0.4, 0.5) is 4.39 Å². The maximum Gasteiger partial charge on any atom is 0.238 e. The Morgan fingerprint density at radius 1 is 1.55 bits per heavy atom. The highest BCUT2D eigenvalue weighted by molar-refractivity contribution is 7.99. The molecule has 20 heavy (non-hydrogen) atoms. The van der Waals surface area contributed by atoms with E-state index in [1.54, 1.807) is 6.07 Å². The Balaban J connectivity index is 2.10. The standard InChI is InChI=1S/C15H21FN2OS/c1-3-20-8-7-11(2)18-14(19)10-17-15(18)12-5-4-6-13(16)9-12/h4-6,9,11,15,17H,3,7-8,10H2,1-2H3.